The first-order valence-electron chi connectivity index (χ1n) is 8.08. The third-order valence-corrected chi connectivity index (χ3v) is 4.75. The first-order valence-corrected chi connectivity index (χ1v) is 8.08. The summed E-state index contributed by atoms with van der Waals surface area (Å²) >= 11 is 0. The molecule has 1 aromatic carbocycles. The Bertz CT molecular complexity index is 390. The zero-order valence-corrected chi connectivity index (χ0v) is 13.5. The van der Waals surface area contributed by atoms with E-state index in [1.807, 2.05) is 0 Å². The molecule has 1 fully saturated rings. The molecule has 1 aliphatic rings. The maximum atomic E-state index is 3.45. The molecule has 1 atom stereocenters. The zero-order chi connectivity index (χ0) is 14.5. The van der Waals surface area contributed by atoms with E-state index in [0.29, 0.717) is 12.0 Å². The molecule has 2 nitrogen and oxygen atoms in total. The maximum Gasteiger partial charge on any atom is 0.0316 e. The third-order valence-electron chi connectivity index (χ3n) is 4.75. The van der Waals surface area contributed by atoms with Crippen LogP contribution in [-0.4, -0.2) is 31.6 Å². The van der Waals surface area contributed by atoms with Gasteiger partial charge in [-0.2, -0.15) is 0 Å². The monoisotopic (exact) mass is 274 g/mol. The highest BCUT2D eigenvalue weighted by Gasteiger charge is 2.18. The Morgan fingerprint density at radius 1 is 1.05 bits per heavy atom. The molecule has 1 N–H and O–H groups in total. The molecule has 1 aliphatic heterocycles. The minimum Gasteiger partial charge on any atom is -0.317 e. The highest BCUT2D eigenvalue weighted by molar-refractivity contribution is 5.26. The normalized spacial score (nSPS) is 18.7. The van der Waals surface area contributed by atoms with Gasteiger partial charge in [-0.3, -0.25) is 4.90 Å². The summed E-state index contributed by atoms with van der Waals surface area (Å²) in [4.78, 5) is 2.51. The van der Waals surface area contributed by atoms with Gasteiger partial charge in [0, 0.05) is 12.6 Å². The van der Waals surface area contributed by atoms with Crippen molar-refractivity contribution < 1.29 is 0 Å². The molecule has 0 aromatic heterocycles. The summed E-state index contributed by atoms with van der Waals surface area (Å²) in [6, 6.07) is 9.69. The first-order chi connectivity index (χ1) is 9.58. The van der Waals surface area contributed by atoms with Crippen molar-refractivity contribution in [2.75, 3.05) is 26.7 Å². The molecule has 0 aliphatic carbocycles. The minimum absolute atomic E-state index is 0.506. The van der Waals surface area contributed by atoms with Gasteiger partial charge in [0.25, 0.3) is 0 Å². The molecule has 20 heavy (non-hydrogen) atoms. The van der Waals surface area contributed by atoms with Gasteiger partial charge in [0.15, 0.2) is 0 Å². The Hall–Kier alpha value is -0.860. The summed E-state index contributed by atoms with van der Waals surface area (Å²) in [6.45, 7) is 10.4. The second kappa shape index (κ2) is 7.24. The average molecular weight is 274 g/mol. The van der Waals surface area contributed by atoms with Gasteiger partial charge in [-0.1, -0.05) is 38.1 Å². The standard InChI is InChI=1S/C18H30N2/c1-14(2)17-5-7-18(8-6-17)15(3)20(4)13-16-9-11-19-12-10-16/h5-8,14-16,19H,9-13H2,1-4H3. The first kappa shape index (κ1) is 15.5. The Labute approximate surface area is 124 Å². The lowest BCUT2D eigenvalue weighted by atomic mass is 9.95. The number of rotatable bonds is 5. The van der Waals surface area contributed by atoms with E-state index in [-0.39, 0.29) is 0 Å². The summed E-state index contributed by atoms with van der Waals surface area (Å²) < 4.78 is 0. The molecule has 0 saturated carbocycles. The van der Waals surface area contributed by atoms with Crippen molar-refractivity contribution in [2.24, 2.45) is 5.92 Å². The van der Waals surface area contributed by atoms with Gasteiger partial charge in [0.05, 0.1) is 0 Å². The average Bonchev–Trinajstić information content (AvgIpc) is 2.47. The Morgan fingerprint density at radius 2 is 1.60 bits per heavy atom. The van der Waals surface area contributed by atoms with Crippen LogP contribution in [-0.2, 0) is 0 Å². The fourth-order valence-corrected chi connectivity index (χ4v) is 3.04. The highest BCUT2D eigenvalue weighted by Crippen LogP contribution is 2.24. The number of hydrogen-bond donors (Lipinski definition) is 1. The van der Waals surface area contributed by atoms with Crippen molar-refractivity contribution in [3.8, 4) is 0 Å². The van der Waals surface area contributed by atoms with Crippen LogP contribution in [0.25, 0.3) is 0 Å². The van der Waals surface area contributed by atoms with Crippen LogP contribution in [0.5, 0.6) is 0 Å². The number of benzene rings is 1. The lowest BCUT2D eigenvalue weighted by Gasteiger charge is -2.31. The number of hydrogen-bond acceptors (Lipinski definition) is 2. The lowest BCUT2D eigenvalue weighted by molar-refractivity contribution is 0.196. The van der Waals surface area contributed by atoms with Crippen LogP contribution in [0, 0.1) is 5.92 Å². The van der Waals surface area contributed by atoms with E-state index in [1.165, 1.54) is 43.6 Å². The summed E-state index contributed by atoms with van der Waals surface area (Å²) in [5.41, 5.74) is 2.87. The molecule has 0 bridgehead atoms. The third kappa shape index (κ3) is 4.07. The molecule has 0 radical (unpaired) electrons. The molecule has 1 saturated heterocycles. The van der Waals surface area contributed by atoms with Crippen LogP contribution in [0.3, 0.4) is 0 Å². The van der Waals surface area contributed by atoms with Gasteiger partial charge >= 0.3 is 0 Å². The molecule has 0 spiro atoms. The topological polar surface area (TPSA) is 15.3 Å². The van der Waals surface area contributed by atoms with Crippen molar-refractivity contribution in [1.82, 2.24) is 10.2 Å². The summed E-state index contributed by atoms with van der Waals surface area (Å²) in [7, 11) is 2.27. The molecule has 1 unspecified atom stereocenters. The van der Waals surface area contributed by atoms with E-state index in [1.54, 1.807) is 0 Å². The van der Waals surface area contributed by atoms with Gasteiger partial charge in [0.2, 0.25) is 0 Å². The molecule has 112 valence electrons. The lowest BCUT2D eigenvalue weighted by Crippen LogP contribution is -2.35. The van der Waals surface area contributed by atoms with Crippen molar-refractivity contribution in [2.45, 2.75) is 45.6 Å². The van der Waals surface area contributed by atoms with Gasteiger partial charge in [-0.15, -0.1) is 0 Å². The largest absolute Gasteiger partial charge is 0.317 e. The van der Waals surface area contributed by atoms with Gasteiger partial charge in [-0.25, -0.2) is 0 Å². The van der Waals surface area contributed by atoms with Crippen molar-refractivity contribution >= 4 is 0 Å². The molecule has 2 heteroatoms. The number of piperidine rings is 1. The van der Waals surface area contributed by atoms with Gasteiger partial charge in [0.1, 0.15) is 0 Å². The van der Waals surface area contributed by atoms with E-state index in [2.05, 4.69) is 62.3 Å². The van der Waals surface area contributed by atoms with E-state index in [4.69, 9.17) is 0 Å². The predicted molar refractivity (Wildman–Crippen MR) is 87.2 cm³/mol. The quantitative estimate of drug-likeness (QED) is 0.878. The Kier molecular flexibility index (Phi) is 5.62. The van der Waals surface area contributed by atoms with Gasteiger partial charge < -0.3 is 5.32 Å². The van der Waals surface area contributed by atoms with Crippen LogP contribution >= 0.6 is 0 Å². The number of nitrogens with one attached hydrogen (secondary N) is 1. The smallest absolute Gasteiger partial charge is 0.0316 e. The van der Waals surface area contributed by atoms with Crippen molar-refractivity contribution in [3.05, 3.63) is 35.4 Å². The fourth-order valence-electron chi connectivity index (χ4n) is 3.04. The molecule has 1 heterocycles. The number of nitrogens with zero attached hydrogens (tertiary/aromatic N) is 1. The van der Waals surface area contributed by atoms with Crippen LogP contribution in [0.1, 0.15) is 56.7 Å². The zero-order valence-electron chi connectivity index (χ0n) is 13.5. The van der Waals surface area contributed by atoms with E-state index < -0.39 is 0 Å². The fraction of sp³-hybridized carbons (Fsp3) is 0.667. The van der Waals surface area contributed by atoms with E-state index in [9.17, 15) is 0 Å². The summed E-state index contributed by atoms with van der Waals surface area (Å²) in [5, 5.41) is 3.45. The predicted octanol–water partition coefficient (Wildman–Crippen LogP) is 3.80. The molecular weight excluding hydrogens is 244 g/mol. The van der Waals surface area contributed by atoms with Crippen LogP contribution in [0.15, 0.2) is 24.3 Å². The maximum absolute atomic E-state index is 3.45. The van der Waals surface area contributed by atoms with Crippen LogP contribution in [0.4, 0.5) is 0 Å². The second-order valence-electron chi connectivity index (χ2n) is 6.63. The summed E-state index contributed by atoms with van der Waals surface area (Å²) in [6.07, 6.45) is 2.65. The van der Waals surface area contributed by atoms with Crippen molar-refractivity contribution in [3.63, 3.8) is 0 Å². The highest BCUT2D eigenvalue weighted by atomic mass is 15.1. The molecule has 2 rings (SSSR count). The Morgan fingerprint density at radius 3 is 2.15 bits per heavy atom. The second-order valence-corrected chi connectivity index (χ2v) is 6.63. The van der Waals surface area contributed by atoms with Crippen molar-refractivity contribution in [1.29, 1.82) is 0 Å². The van der Waals surface area contributed by atoms with Crippen LogP contribution in [0.2, 0.25) is 0 Å². The molecule has 1 aromatic rings. The molecular formula is C18H30N2. The minimum atomic E-state index is 0.506. The summed E-state index contributed by atoms with van der Waals surface area (Å²) in [5.74, 6) is 1.48. The van der Waals surface area contributed by atoms with E-state index in [0.717, 1.165) is 5.92 Å². The van der Waals surface area contributed by atoms with E-state index >= 15 is 0 Å². The SMILES string of the molecule is CC(C)c1ccc(C(C)N(C)CC2CCNCC2)cc1. The van der Waals surface area contributed by atoms with Crippen LogP contribution < -0.4 is 5.32 Å². The Balaban J connectivity index is 1.93. The molecule has 0 amide bonds. The van der Waals surface area contributed by atoms with Gasteiger partial charge in [-0.05, 0) is 62.9 Å².